The Kier molecular flexibility index (Phi) is 4.43. The topological polar surface area (TPSA) is 49.8 Å². The van der Waals surface area contributed by atoms with E-state index >= 15 is 0 Å². The van der Waals surface area contributed by atoms with E-state index in [1.54, 1.807) is 0 Å². The van der Waals surface area contributed by atoms with Gasteiger partial charge in [-0.2, -0.15) is 0 Å². The van der Waals surface area contributed by atoms with Crippen molar-refractivity contribution >= 4 is 11.7 Å². The molecule has 0 amide bonds. The molecule has 2 rings (SSSR count). The third kappa shape index (κ3) is 3.47. The molecule has 0 saturated carbocycles. The predicted molar refractivity (Wildman–Crippen MR) is 74.7 cm³/mol. The number of morpholine rings is 1. The second kappa shape index (κ2) is 6.06. The van der Waals surface area contributed by atoms with Gasteiger partial charge in [-0.15, -0.1) is 0 Å². The number of anilines is 1. The van der Waals surface area contributed by atoms with Gasteiger partial charge >= 0.3 is 5.97 Å². The van der Waals surface area contributed by atoms with Gasteiger partial charge in [0.1, 0.15) is 0 Å². The average Bonchev–Trinajstić information content (AvgIpc) is 2.39. The van der Waals surface area contributed by atoms with Crippen molar-refractivity contribution in [3.8, 4) is 0 Å². The molecule has 0 spiro atoms. The molecule has 19 heavy (non-hydrogen) atoms. The fraction of sp³-hybridized carbons (Fsp3) is 0.533. The molecule has 1 atom stereocenters. The van der Waals surface area contributed by atoms with E-state index < -0.39 is 5.97 Å². The van der Waals surface area contributed by atoms with Crippen LogP contribution in [0.3, 0.4) is 0 Å². The van der Waals surface area contributed by atoms with Crippen LogP contribution in [0.5, 0.6) is 0 Å². The summed E-state index contributed by atoms with van der Waals surface area (Å²) in [6, 6.07) is 8.32. The van der Waals surface area contributed by atoms with Crippen LogP contribution in [-0.2, 0) is 9.53 Å². The summed E-state index contributed by atoms with van der Waals surface area (Å²) in [5.74, 6) is -0.271. The van der Waals surface area contributed by atoms with Crippen molar-refractivity contribution in [2.75, 3.05) is 24.7 Å². The quantitative estimate of drug-likeness (QED) is 0.906. The van der Waals surface area contributed by atoms with Crippen molar-refractivity contribution in [3.05, 3.63) is 29.8 Å². The van der Waals surface area contributed by atoms with Crippen LogP contribution >= 0.6 is 0 Å². The van der Waals surface area contributed by atoms with Crippen molar-refractivity contribution < 1.29 is 14.6 Å². The largest absolute Gasteiger partial charge is 0.481 e. The smallest absolute Gasteiger partial charge is 0.305 e. The van der Waals surface area contributed by atoms with E-state index in [4.69, 9.17) is 9.84 Å². The zero-order valence-electron chi connectivity index (χ0n) is 11.5. The van der Waals surface area contributed by atoms with E-state index in [-0.39, 0.29) is 12.5 Å². The Bertz CT molecular complexity index is 428. The van der Waals surface area contributed by atoms with Crippen molar-refractivity contribution in [3.63, 3.8) is 0 Å². The number of carboxylic acids is 1. The van der Waals surface area contributed by atoms with E-state index in [1.165, 1.54) is 5.56 Å². The molecule has 0 bridgehead atoms. The molecular weight excluding hydrogens is 242 g/mol. The molecule has 4 heteroatoms. The summed E-state index contributed by atoms with van der Waals surface area (Å²) in [5.41, 5.74) is 2.38. The number of nitrogens with zero attached hydrogens (tertiary/aromatic N) is 1. The molecule has 1 aliphatic rings. The number of aliphatic carboxylic acids is 1. The lowest BCUT2D eigenvalue weighted by molar-refractivity contribution is -0.138. The SMILES string of the molecule is CC(C)c1ccc(N2CCOCC2CC(=O)O)cc1. The summed E-state index contributed by atoms with van der Waals surface area (Å²) in [7, 11) is 0. The van der Waals surface area contributed by atoms with Crippen LogP contribution in [0, 0.1) is 0 Å². The van der Waals surface area contributed by atoms with E-state index in [9.17, 15) is 4.79 Å². The Balaban J connectivity index is 2.15. The lowest BCUT2D eigenvalue weighted by atomic mass is 10.0. The average molecular weight is 263 g/mol. The number of rotatable bonds is 4. The van der Waals surface area contributed by atoms with Gasteiger partial charge in [-0.05, 0) is 23.6 Å². The molecule has 1 aliphatic heterocycles. The van der Waals surface area contributed by atoms with Crippen molar-refractivity contribution in [2.24, 2.45) is 0 Å². The molecule has 1 fully saturated rings. The number of hydrogen-bond donors (Lipinski definition) is 1. The summed E-state index contributed by atoms with van der Waals surface area (Å²) in [6.07, 6.45) is 0.117. The van der Waals surface area contributed by atoms with Crippen LogP contribution in [0.15, 0.2) is 24.3 Å². The highest BCUT2D eigenvalue weighted by Crippen LogP contribution is 2.24. The van der Waals surface area contributed by atoms with Crippen LogP contribution < -0.4 is 4.90 Å². The van der Waals surface area contributed by atoms with E-state index in [0.717, 1.165) is 12.2 Å². The predicted octanol–water partition coefficient (Wildman–Crippen LogP) is 2.49. The Labute approximate surface area is 114 Å². The Morgan fingerprint density at radius 3 is 2.68 bits per heavy atom. The summed E-state index contributed by atoms with van der Waals surface area (Å²) < 4.78 is 5.39. The normalized spacial score (nSPS) is 19.7. The highest BCUT2D eigenvalue weighted by Gasteiger charge is 2.25. The molecule has 4 nitrogen and oxygen atoms in total. The molecule has 1 N–H and O–H groups in total. The van der Waals surface area contributed by atoms with Crippen LogP contribution in [0.2, 0.25) is 0 Å². The standard InChI is InChI=1S/C15H21NO3/c1-11(2)12-3-5-13(6-4-12)16-7-8-19-10-14(16)9-15(17)18/h3-6,11,14H,7-10H2,1-2H3,(H,17,18). The monoisotopic (exact) mass is 263 g/mol. The first-order valence-electron chi connectivity index (χ1n) is 6.74. The molecule has 104 valence electrons. The minimum absolute atomic E-state index is 0.0730. The van der Waals surface area contributed by atoms with E-state index in [2.05, 4.69) is 43.0 Å². The van der Waals surface area contributed by atoms with Gasteiger partial charge in [0.2, 0.25) is 0 Å². The van der Waals surface area contributed by atoms with Gasteiger partial charge in [0.05, 0.1) is 25.7 Å². The number of ether oxygens (including phenoxy) is 1. The zero-order chi connectivity index (χ0) is 13.8. The van der Waals surface area contributed by atoms with E-state index in [0.29, 0.717) is 19.1 Å². The lowest BCUT2D eigenvalue weighted by Crippen LogP contribution is -2.46. The molecule has 1 aromatic rings. The molecule has 0 aliphatic carbocycles. The molecule has 0 aromatic heterocycles. The lowest BCUT2D eigenvalue weighted by Gasteiger charge is -2.36. The minimum Gasteiger partial charge on any atom is -0.481 e. The summed E-state index contributed by atoms with van der Waals surface area (Å²) in [4.78, 5) is 13.0. The van der Waals surface area contributed by atoms with Crippen LogP contribution in [0.4, 0.5) is 5.69 Å². The first kappa shape index (κ1) is 13.9. The highest BCUT2D eigenvalue weighted by atomic mass is 16.5. The van der Waals surface area contributed by atoms with Crippen molar-refractivity contribution in [1.82, 2.24) is 0 Å². The molecular formula is C15H21NO3. The molecule has 1 heterocycles. The first-order valence-corrected chi connectivity index (χ1v) is 6.74. The van der Waals surface area contributed by atoms with Crippen LogP contribution in [0.1, 0.15) is 31.7 Å². The fourth-order valence-electron chi connectivity index (χ4n) is 2.42. The molecule has 1 saturated heterocycles. The Morgan fingerprint density at radius 1 is 1.42 bits per heavy atom. The first-order chi connectivity index (χ1) is 9.08. The maximum Gasteiger partial charge on any atom is 0.305 e. The second-order valence-electron chi connectivity index (χ2n) is 5.27. The fourth-order valence-corrected chi connectivity index (χ4v) is 2.42. The number of hydrogen-bond acceptors (Lipinski definition) is 3. The number of benzene rings is 1. The van der Waals surface area contributed by atoms with E-state index in [1.807, 2.05) is 0 Å². The maximum absolute atomic E-state index is 10.9. The number of carboxylic acid groups (broad SMARTS) is 1. The van der Waals surface area contributed by atoms with Crippen molar-refractivity contribution in [2.45, 2.75) is 32.2 Å². The molecule has 1 aromatic carbocycles. The second-order valence-corrected chi connectivity index (χ2v) is 5.27. The Hall–Kier alpha value is -1.55. The third-order valence-electron chi connectivity index (χ3n) is 3.53. The summed E-state index contributed by atoms with van der Waals surface area (Å²) in [5, 5.41) is 8.97. The van der Waals surface area contributed by atoms with Gasteiger partial charge in [-0.25, -0.2) is 0 Å². The zero-order valence-corrected chi connectivity index (χ0v) is 11.5. The third-order valence-corrected chi connectivity index (χ3v) is 3.53. The number of carbonyl (C=O) groups is 1. The molecule has 0 radical (unpaired) electrons. The van der Waals surface area contributed by atoms with Gasteiger partial charge in [0, 0.05) is 12.2 Å². The van der Waals surface area contributed by atoms with Crippen LogP contribution in [0.25, 0.3) is 0 Å². The van der Waals surface area contributed by atoms with Crippen molar-refractivity contribution in [1.29, 1.82) is 0 Å². The minimum atomic E-state index is -0.778. The van der Waals surface area contributed by atoms with Gasteiger partial charge in [-0.3, -0.25) is 4.79 Å². The van der Waals surface area contributed by atoms with Gasteiger partial charge < -0.3 is 14.7 Å². The Morgan fingerprint density at radius 2 is 2.11 bits per heavy atom. The highest BCUT2D eigenvalue weighted by molar-refractivity contribution is 5.68. The van der Waals surface area contributed by atoms with Gasteiger partial charge in [0.15, 0.2) is 0 Å². The summed E-state index contributed by atoms with van der Waals surface area (Å²) >= 11 is 0. The summed E-state index contributed by atoms with van der Waals surface area (Å²) in [6.45, 7) is 6.22. The van der Waals surface area contributed by atoms with Crippen LogP contribution in [-0.4, -0.2) is 36.9 Å². The van der Waals surface area contributed by atoms with Gasteiger partial charge in [0.25, 0.3) is 0 Å². The van der Waals surface area contributed by atoms with Gasteiger partial charge in [-0.1, -0.05) is 26.0 Å². The maximum atomic E-state index is 10.9. The molecule has 1 unspecified atom stereocenters.